The van der Waals surface area contributed by atoms with Crippen molar-refractivity contribution in [1.29, 1.82) is 0 Å². The van der Waals surface area contributed by atoms with Gasteiger partial charge in [-0.25, -0.2) is 0 Å². The SMILES string of the molecule is CC(C)c1ccc2c(c1)c1ccc[c-]c1c1nccn21.[CH3-].[Ir].[Y]. The van der Waals surface area contributed by atoms with E-state index in [9.17, 15) is 0 Å². The topological polar surface area (TPSA) is 17.3 Å². The third-order valence-electron chi connectivity index (χ3n) is 3.96. The summed E-state index contributed by atoms with van der Waals surface area (Å²) in [6, 6.07) is 16.2. The van der Waals surface area contributed by atoms with Gasteiger partial charge in [-0.2, -0.15) is 0 Å². The van der Waals surface area contributed by atoms with E-state index in [0.29, 0.717) is 5.92 Å². The first-order valence-corrected chi connectivity index (χ1v) is 6.95. The van der Waals surface area contributed by atoms with Crippen LogP contribution >= 0.6 is 0 Å². The zero-order valence-electron chi connectivity index (χ0n) is 13.5. The summed E-state index contributed by atoms with van der Waals surface area (Å²) in [5.74, 6) is 0.528. The third kappa shape index (κ3) is 3.30. The number of aromatic nitrogens is 2. The summed E-state index contributed by atoms with van der Waals surface area (Å²) in [6.07, 6.45) is 3.87. The van der Waals surface area contributed by atoms with Crippen LogP contribution in [0.15, 0.2) is 48.8 Å². The van der Waals surface area contributed by atoms with E-state index in [4.69, 9.17) is 0 Å². The van der Waals surface area contributed by atoms with Gasteiger partial charge in [0.15, 0.2) is 0 Å². The van der Waals surface area contributed by atoms with Crippen LogP contribution in [0.25, 0.3) is 27.3 Å². The molecule has 0 N–H and O–H groups in total. The maximum Gasteiger partial charge on any atom is 0.0608 e. The Balaban J connectivity index is 0.000000882. The first-order valence-electron chi connectivity index (χ1n) is 6.95. The molecule has 118 valence electrons. The zero-order valence-corrected chi connectivity index (χ0v) is 18.7. The number of nitrogens with zero attached hydrogens (tertiary/aromatic N) is 2. The van der Waals surface area contributed by atoms with Crippen LogP contribution in [-0.4, -0.2) is 9.38 Å². The Labute approximate surface area is 175 Å². The molecule has 4 rings (SSSR count). The predicted octanol–water partition coefficient (Wildman–Crippen LogP) is 5.01. The van der Waals surface area contributed by atoms with Crippen LogP contribution in [0.1, 0.15) is 25.3 Å². The van der Waals surface area contributed by atoms with Crippen molar-refractivity contribution in [1.82, 2.24) is 9.38 Å². The average Bonchev–Trinajstić information content (AvgIpc) is 2.96. The van der Waals surface area contributed by atoms with E-state index in [-0.39, 0.29) is 60.2 Å². The Morgan fingerprint density at radius 2 is 1.91 bits per heavy atom. The van der Waals surface area contributed by atoms with Crippen molar-refractivity contribution in [2.45, 2.75) is 19.8 Å². The van der Waals surface area contributed by atoms with Crippen LogP contribution < -0.4 is 0 Å². The molecule has 0 atom stereocenters. The second kappa shape index (κ2) is 7.99. The number of hydrogen-bond acceptors (Lipinski definition) is 1. The maximum absolute atomic E-state index is 4.49. The Kier molecular flexibility index (Phi) is 7.10. The fourth-order valence-corrected chi connectivity index (χ4v) is 2.87. The van der Waals surface area contributed by atoms with Crippen LogP contribution in [0, 0.1) is 13.5 Å². The van der Waals surface area contributed by atoms with Crippen LogP contribution in [0.5, 0.6) is 0 Å². The number of fused-ring (bicyclic) bond motifs is 6. The minimum atomic E-state index is 0. The van der Waals surface area contributed by atoms with Crippen molar-refractivity contribution in [3.63, 3.8) is 0 Å². The Morgan fingerprint density at radius 1 is 1.13 bits per heavy atom. The summed E-state index contributed by atoms with van der Waals surface area (Å²) in [7, 11) is 0. The molecule has 0 spiro atoms. The predicted molar refractivity (Wildman–Crippen MR) is 89.5 cm³/mol. The van der Waals surface area contributed by atoms with Crippen molar-refractivity contribution in [3.8, 4) is 0 Å². The monoisotopic (exact) mass is 556 g/mol. The average molecular weight is 555 g/mol. The molecule has 2 heterocycles. The molecule has 2 nitrogen and oxygen atoms in total. The molecule has 0 unspecified atom stereocenters. The molecule has 0 aliphatic carbocycles. The van der Waals surface area contributed by atoms with E-state index in [1.807, 2.05) is 24.5 Å². The van der Waals surface area contributed by atoms with Gasteiger partial charge < -0.3 is 11.8 Å². The van der Waals surface area contributed by atoms with Crippen molar-refractivity contribution in [2.24, 2.45) is 0 Å². The number of rotatable bonds is 1. The van der Waals surface area contributed by atoms with Gasteiger partial charge in [0.2, 0.25) is 0 Å². The largest absolute Gasteiger partial charge is 0.358 e. The summed E-state index contributed by atoms with van der Waals surface area (Å²) < 4.78 is 2.15. The van der Waals surface area contributed by atoms with E-state index in [0.717, 1.165) is 11.0 Å². The molecule has 0 aliphatic rings. The number of hydrogen-bond donors (Lipinski definition) is 0. The zero-order chi connectivity index (χ0) is 13.7. The molecule has 0 bridgehead atoms. The first kappa shape index (κ1) is 20.4. The van der Waals surface area contributed by atoms with Gasteiger partial charge in [0, 0.05) is 70.7 Å². The fraction of sp³-hybridized carbons (Fsp3) is 0.158. The molecule has 0 amide bonds. The van der Waals surface area contributed by atoms with E-state index in [1.54, 1.807) is 0 Å². The van der Waals surface area contributed by atoms with Crippen molar-refractivity contribution < 1.29 is 52.8 Å². The van der Waals surface area contributed by atoms with E-state index < -0.39 is 0 Å². The van der Waals surface area contributed by atoms with Crippen LogP contribution in [0.4, 0.5) is 0 Å². The molecule has 4 heteroatoms. The summed E-state index contributed by atoms with van der Waals surface area (Å²) in [4.78, 5) is 4.49. The summed E-state index contributed by atoms with van der Waals surface area (Å²) in [5, 5.41) is 3.59. The Morgan fingerprint density at radius 3 is 2.65 bits per heavy atom. The second-order valence-electron chi connectivity index (χ2n) is 5.51. The normalized spacial score (nSPS) is 10.4. The quantitative estimate of drug-likeness (QED) is 0.239. The minimum Gasteiger partial charge on any atom is -0.358 e. The van der Waals surface area contributed by atoms with Gasteiger partial charge in [-0.3, -0.25) is 4.98 Å². The Hall–Kier alpha value is -0.597. The molecular formula is C19H18IrN2Y-2. The summed E-state index contributed by atoms with van der Waals surface area (Å²) in [5.41, 5.74) is 3.54. The smallest absolute Gasteiger partial charge is 0.0608 e. The molecule has 2 aromatic heterocycles. The molecule has 0 aliphatic heterocycles. The van der Waals surface area contributed by atoms with Gasteiger partial charge in [-0.1, -0.05) is 31.4 Å². The summed E-state index contributed by atoms with van der Waals surface area (Å²) >= 11 is 0. The first-order chi connectivity index (χ1) is 9.75. The standard InChI is InChI=1S/C18H15N2.CH3.Ir.Y/c1-12(2)13-7-8-17-16(11-13)14-5-3-4-6-15(14)18-19-9-10-20(17)18;;;/h3-5,7-12H,1-2H3;1H3;;/q2*-1;;. The van der Waals surface area contributed by atoms with E-state index in [1.165, 1.54) is 21.9 Å². The second-order valence-corrected chi connectivity index (χ2v) is 5.51. The van der Waals surface area contributed by atoms with Gasteiger partial charge in [0.25, 0.3) is 0 Å². The molecule has 4 aromatic rings. The maximum atomic E-state index is 4.49. The van der Waals surface area contributed by atoms with Crippen LogP contribution in [0.2, 0.25) is 0 Å². The third-order valence-corrected chi connectivity index (χ3v) is 3.96. The molecule has 0 saturated carbocycles. The minimum absolute atomic E-state index is 0. The van der Waals surface area contributed by atoms with Gasteiger partial charge in [-0.05, 0) is 22.9 Å². The molecule has 2 radical (unpaired) electrons. The van der Waals surface area contributed by atoms with Gasteiger partial charge in [-0.15, -0.1) is 29.7 Å². The molecular weight excluding hydrogens is 537 g/mol. The van der Waals surface area contributed by atoms with Gasteiger partial charge in [0.1, 0.15) is 0 Å². The molecule has 2 aromatic carbocycles. The van der Waals surface area contributed by atoms with Gasteiger partial charge >= 0.3 is 0 Å². The molecule has 0 saturated heterocycles. The van der Waals surface area contributed by atoms with Crippen LogP contribution in [0.3, 0.4) is 0 Å². The van der Waals surface area contributed by atoms with Crippen molar-refractivity contribution in [3.05, 3.63) is 67.8 Å². The molecule has 23 heavy (non-hydrogen) atoms. The van der Waals surface area contributed by atoms with Crippen molar-refractivity contribution >= 4 is 27.3 Å². The summed E-state index contributed by atoms with van der Waals surface area (Å²) in [6.45, 7) is 4.45. The van der Waals surface area contributed by atoms with Crippen molar-refractivity contribution in [2.75, 3.05) is 0 Å². The number of pyridine rings is 1. The van der Waals surface area contributed by atoms with Crippen LogP contribution in [-0.2, 0) is 52.8 Å². The fourth-order valence-electron chi connectivity index (χ4n) is 2.87. The molecule has 0 fully saturated rings. The number of benzene rings is 2. The van der Waals surface area contributed by atoms with Gasteiger partial charge in [0.05, 0.1) is 5.65 Å². The Bertz CT molecular complexity index is 944. The number of imidazole rings is 1. The van der Waals surface area contributed by atoms with E-state index in [2.05, 4.69) is 53.6 Å². The van der Waals surface area contributed by atoms with E-state index >= 15 is 0 Å².